The third kappa shape index (κ3) is 2.03. The van der Waals surface area contributed by atoms with Crippen LogP contribution in [-0.2, 0) is 4.79 Å². The second kappa shape index (κ2) is 4.62. The van der Waals surface area contributed by atoms with E-state index < -0.39 is 11.9 Å². The number of carboxylic acids is 1. The quantitative estimate of drug-likeness (QED) is 0.746. The summed E-state index contributed by atoms with van der Waals surface area (Å²) in [5.74, 6) is -1.08. The number of rotatable bonds is 4. The van der Waals surface area contributed by atoms with Crippen LogP contribution in [0.2, 0.25) is 0 Å². The Morgan fingerprint density at radius 3 is 2.71 bits per heavy atom. The molecule has 4 nitrogen and oxygen atoms in total. The molecule has 0 bridgehead atoms. The van der Waals surface area contributed by atoms with E-state index in [9.17, 15) is 4.79 Å². The number of ether oxygens (including phenoxy) is 1. The van der Waals surface area contributed by atoms with Crippen LogP contribution in [0.15, 0.2) is 24.3 Å². The first-order valence-corrected chi connectivity index (χ1v) is 4.26. The van der Waals surface area contributed by atoms with Crippen LogP contribution < -0.4 is 10.5 Å². The molecule has 0 unspecified atom stereocenters. The van der Waals surface area contributed by atoms with Crippen molar-refractivity contribution in [3.05, 3.63) is 29.8 Å². The van der Waals surface area contributed by atoms with Gasteiger partial charge in [0.05, 0.1) is 13.0 Å². The lowest BCUT2D eigenvalue weighted by Crippen LogP contribution is -2.21. The van der Waals surface area contributed by atoms with Gasteiger partial charge in [-0.3, -0.25) is 4.79 Å². The van der Waals surface area contributed by atoms with E-state index in [0.29, 0.717) is 11.3 Å². The molecule has 1 aromatic rings. The zero-order chi connectivity index (χ0) is 10.6. The summed E-state index contributed by atoms with van der Waals surface area (Å²) in [5.41, 5.74) is 6.01. The molecule has 0 aliphatic heterocycles. The first-order valence-electron chi connectivity index (χ1n) is 4.26. The molecule has 0 aromatic heterocycles. The lowest BCUT2D eigenvalue weighted by Gasteiger charge is -2.13. The second-order valence-electron chi connectivity index (χ2n) is 2.87. The molecular formula is C10H13NO3. The largest absolute Gasteiger partial charge is 0.496 e. The van der Waals surface area contributed by atoms with Crippen LogP contribution in [0.4, 0.5) is 0 Å². The predicted octanol–water partition coefficient (Wildman–Crippen LogP) is 0.822. The van der Waals surface area contributed by atoms with Gasteiger partial charge in [0.25, 0.3) is 0 Å². The van der Waals surface area contributed by atoms with Crippen LogP contribution in [-0.4, -0.2) is 24.7 Å². The van der Waals surface area contributed by atoms with Gasteiger partial charge in [0.1, 0.15) is 5.75 Å². The van der Waals surface area contributed by atoms with Crippen molar-refractivity contribution in [1.82, 2.24) is 0 Å². The molecule has 76 valence electrons. The number of carboxylic acid groups (broad SMARTS) is 1. The minimum Gasteiger partial charge on any atom is -0.496 e. The molecule has 14 heavy (non-hydrogen) atoms. The maximum Gasteiger partial charge on any atom is 0.312 e. The van der Waals surface area contributed by atoms with Crippen molar-refractivity contribution in [2.45, 2.75) is 5.92 Å². The van der Waals surface area contributed by atoms with Crippen molar-refractivity contribution in [2.75, 3.05) is 13.7 Å². The van der Waals surface area contributed by atoms with Gasteiger partial charge in [0, 0.05) is 12.1 Å². The molecule has 0 saturated heterocycles. The van der Waals surface area contributed by atoms with Gasteiger partial charge in [0.15, 0.2) is 0 Å². The summed E-state index contributed by atoms with van der Waals surface area (Å²) in [7, 11) is 1.51. The van der Waals surface area contributed by atoms with Gasteiger partial charge >= 0.3 is 5.97 Å². The molecule has 0 aliphatic rings. The smallest absolute Gasteiger partial charge is 0.312 e. The summed E-state index contributed by atoms with van der Waals surface area (Å²) in [6, 6.07) is 6.99. The van der Waals surface area contributed by atoms with Crippen LogP contribution in [0.3, 0.4) is 0 Å². The van der Waals surface area contributed by atoms with E-state index in [1.165, 1.54) is 7.11 Å². The van der Waals surface area contributed by atoms with E-state index in [0.717, 1.165) is 0 Å². The Morgan fingerprint density at radius 2 is 2.21 bits per heavy atom. The molecule has 0 amide bonds. The number of hydrogen-bond donors (Lipinski definition) is 2. The minimum absolute atomic E-state index is 0.0652. The number of carbonyl (C=O) groups is 1. The van der Waals surface area contributed by atoms with Crippen molar-refractivity contribution in [3.8, 4) is 5.75 Å². The van der Waals surface area contributed by atoms with E-state index in [-0.39, 0.29) is 6.54 Å². The molecule has 1 rings (SSSR count). The highest BCUT2D eigenvalue weighted by atomic mass is 16.5. The van der Waals surface area contributed by atoms with E-state index in [1.54, 1.807) is 24.3 Å². The maximum absolute atomic E-state index is 10.9. The normalized spacial score (nSPS) is 12.1. The fraction of sp³-hybridized carbons (Fsp3) is 0.300. The Kier molecular flexibility index (Phi) is 3.48. The fourth-order valence-electron chi connectivity index (χ4n) is 1.32. The molecule has 0 aliphatic carbocycles. The first kappa shape index (κ1) is 10.5. The highest BCUT2D eigenvalue weighted by Crippen LogP contribution is 2.25. The van der Waals surface area contributed by atoms with Crippen LogP contribution >= 0.6 is 0 Å². The lowest BCUT2D eigenvalue weighted by atomic mass is 9.98. The summed E-state index contributed by atoms with van der Waals surface area (Å²) in [6.07, 6.45) is 0. The Hall–Kier alpha value is -1.55. The van der Waals surface area contributed by atoms with Crippen molar-refractivity contribution in [3.63, 3.8) is 0 Å². The molecule has 3 N–H and O–H groups in total. The average molecular weight is 195 g/mol. The number of methoxy groups -OCH3 is 1. The maximum atomic E-state index is 10.9. The molecule has 0 saturated carbocycles. The van der Waals surface area contributed by atoms with Gasteiger partial charge in [0.2, 0.25) is 0 Å². The number of benzene rings is 1. The monoisotopic (exact) mass is 195 g/mol. The van der Waals surface area contributed by atoms with Crippen molar-refractivity contribution >= 4 is 5.97 Å². The average Bonchev–Trinajstić information content (AvgIpc) is 2.19. The lowest BCUT2D eigenvalue weighted by molar-refractivity contribution is -0.138. The molecular weight excluding hydrogens is 182 g/mol. The molecule has 0 radical (unpaired) electrons. The van der Waals surface area contributed by atoms with E-state index in [1.807, 2.05) is 0 Å². The van der Waals surface area contributed by atoms with Gasteiger partial charge in [-0.15, -0.1) is 0 Å². The third-order valence-electron chi connectivity index (χ3n) is 2.05. The van der Waals surface area contributed by atoms with Crippen LogP contribution in [0, 0.1) is 0 Å². The number of aliphatic carboxylic acids is 1. The van der Waals surface area contributed by atoms with Crippen molar-refractivity contribution in [1.29, 1.82) is 0 Å². The number of nitrogens with two attached hydrogens (primary N) is 1. The van der Waals surface area contributed by atoms with Gasteiger partial charge in [-0.25, -0.2) is 0 Å². The van der Waals surface area contributed by atoms with Gasteiger partial charge < -0.3 is 15.6 Å². The minimum atomic E-state index is -0.933. The molecule has 0 spiro atoms. The van der Waals surface area contributed by atoms with E-state index >= 15 is 0 Å². The first-order chi connectivity index (χ1) is 6.70. The number of hydrogen-bond acceptors (Lipinski definition) is 3. The summed E-state index contributed by atoms with van der Waals surface area (Å²) in [6.45, 7) is 0.0652. The van der Waals surface area contributed by atoms with E-state index in [2.05, 4.69) is 0 Å². The highest BCUT2D eigenvalue weighted by molar-refractivity contribution is 5.77. The fourth-order valence-corrected chi connectivity index (χ4v) is 1.32. The zero-order valence-electron chi connectivity index (χ0n) is 7.93. The Balaban J connectivity index is 3.08. The summed E-state index contributed by atoms with van der Waals surface area (Å²) in [4.78, 5) is 10.9. The Morgan fingerprint density at radius 1 is 1.57 bits per heavy atom. The van der Waals surface area contributed by atoms with Crippen LogP contribution in [0.1, 0.15) is 11.5 Å². The molecule has 0 heterocycles. The van der Waals surface area contributed by atoms with Gasteiger partial charge in [-0.1, -0.05) is 18.2 Å². The van der Waals surface area contributed by atoms with Crippen LogP contribution in [0.25, 0.3) is 0 Å². The summed E-state index contributed by atoms with van der Waals surface area (Å²) in [5, 5.41) is 8.91. The summed E-state index contributed by atoms with van der Waals surface area (Å²) < 4.78 is 5.06. The van der Waals surface area contributed by atoms with Crippen LogP contribution in [0.5, 0.6) is 5.75 Å². The SMILES string of the molecule is COc1ccccc1[C@H](CN)C(=O)O. The van der Waals surface area contributed by atoms with Crippen molar-refractivity contribution in [2.24, 2.45) is 5.73 Å². The Labute approximate surface area is 82.3 Å². The van der Waals surface area contributed by atoms with Gasteiger partial charge in [-0.2, -0.15) is 0 Å². The topological polar surface area (TPSA) is 72.5 Å². The molecule has 1 atom stereocenters. The van der Waals surface area contributed by atoms with Crippen molar-refractivity contribution < 1.29 is 14.6 Å². The highest BCUT2D eigenvalue weighted by Gasteiger charge is 2.20. The molecule has 0 fully saturated rings. The van der Waals surface area contributed by atoms with E-state index in [4.69, 9.17) is 15.6 Å². The zero-order valence-corrected chi connectivity index (χ0v) is 7.93. The Bertz CT molecular complexity index is 325. The predicted molar refractivity (Wildman–Crippen MR) is 52.4 cm³/mol. The van der Waals surface area contributed by atoms with Gasteiger partial charge in [-0.05, 0) is 6.07 Å². The summed E-state index contributed by atoms with van der Waals surface area (Å²) >= 11 is 0. The second-order valence-corrected chi connectivity index (χ2v) is 2.87. The molecule has 1 aromatic carbocycles. The number of para-hydroxylation sites is 1. The standard InChI is InChI=1S/C10H13NO3/c1-14-9-5-3-2-4-7(9)8(6-11)10(12)13/h2-5,8H,6,11H2,1H3,(H,12,13)/t8-/m0/s1. The molecule has 4 heteroatoms. The third-order valence-corrected chi connectivity index (χ3v) is 2.05.